The minimum absolute atomic E-state index is 0.0766. The molecule has 0 aliphatic rings. The van der Waals surface area contributed by atoms with Gasteiger partial charge in [-0.15, -0.1) is 0 Å². The third-order valence-corrected chi connectivity index (χ3v) is 6.50. The average Bonchev–Trinajstić information content (AvgIpc) is 3.10. The number of rotatable bonds is 8. The van der Waals surface area contributed by atoms with Crippen molar-refractivity contribution < 1.29 is 17.9 Å². The normalized spacial score (nSPS) is 12.7. The largest absolute Gasteiger partial charge is 0.497 e. The number of pyridine rings is 1. The van der Waals surface area contributed by atoms with Gasteiger partial charge in [-0.2, -0.15) is 0 Å². The highest BCUT2D eigenvalue weighted by Crippen LogP contribution is 2.30. The van der Waals surface area contributed by atoms with Crippen molar-refractivity contribution in [3.63, 3.8) is 0 Å². The van der Waals surface area contributed by atoms with Crippen LogP contribution in [0, 0.1) is 0 Å². The summed E-state index contributed by atoms with van der Waals surface area (Å²) in [6.45, 7) is 6.26. The Morgan fingerprint density at radius 1 is 1.20 bits per heavy atom. The van der Waals surface area contributed by atoms with Crippen molar-refractivity contribution in [3.8, 4) is 5.75 Å². The molecule has 0 saturated heterocycles. The minimum Gasteiger partial charge on any atom is -0.497 e. The first-order valence-corrected chi connectivity index (χ1v) is 11.6. The van der Waals surface area contributed by atoms with Crippen molar-refractivity contribution in [2.24, 2.45) is 0 Å². The summed E-state index contributed by atoms with van der Waals surface area (Å²) in [4.78, 5) is 16.7. The zero-order valence-electron chi connectivity index (χ0n) is 17.7. The zero-order valence-corrected chi connectivity index (χ0v) is 18.5. The van der Waals surface area contributed by atoms with Crippen LogP contribution in [0.15, 0.2) is 42.5 Å². The zero-order chi connectivity index (χ0) is 21.9. The third-order valence-electron chi connectivity index (χ3n) is 5.25. The van der Waals surface area contributed by atoms with E-state index >= 15 is 0 Å². The number of sulfonamides is 1. The molecule has 8 heteroatoms. The molecule has 0 radical (unpaired) electrons. The Labute approximate surface area is 177 Å². The molecule has 0 spiro atoms. The number of aromatic nitrogens is 2. The van der Waals surface area contributed by atoms with Gasteiger partial charge >= 0.3 is 0 Å². The SMILES string of the molecule is CCC(C)c1cc2cc(OC)ccc2n1Cc1cccc(C(=O)NS(=O)(=O)CC)n1. The second kappa shape index (κ2) is 8.87. The molecule has 1 N–H and O–H groups in total. The van der Waals surface area contributed by atoms with Crippen LogP contribution in [0.3, 0.4) is 0 Å². The van der Waals surface area contributed by atoms with Crippen molar-refractivity contribution >= 4 is 26.8 Å². The maximum atomic E-state index is 12.3. The van der Waals surface area contributed by atoms with Crippen LogP contribution >= 0.6 is 0 Å². The first-order valence-electron chi connectivity index (χ1n) is 9.95. The van der Waals surface area contributed by atoms with Crippen LogP contribution < -0.4 is 9.46 Å². The minimum atomic E-state index is -3.64. The summed E-state index contributed by atoms with van der Waals surface area (Å²) in [5.74, 6) is 0.243. The molecule has 0 bridgehead atoms. The van der Waals surface area contributed by atoms with E-state index in [0.717, 1.165) is 23.1 Å². The highest BCUT2D eigenvalue weighted by Gasteiger charge is 2.18. The molecule has 2 aromatic heterocycles. The fourth-order valence-electron chi connectivity index (χ4n) is 3.31. The van der Waals surface area contributed by atoms with Crippen LogP contribution in [0.25, 0.3) is 10.9 Å². The lowest BCUT2D eigenvalue weighted by molar-refractivity contribution is 0.0976. The summed E-state index contributed by atoms with van der Waals surface area (Å²) in [6.07, 6.45) is 0.984. The number of carbonyl (C=O) groups excluding carboxylic acids is 1. The average molecular weight is 430 g/mol. The first kappa shape index (κ1) is 21.8. The number of hydrogen-bond acceptors (Lipinski definition) is 5. The van der Waals surface area contributed by atoms with Crippen LogP contribution in [-0.4, -0.2) is 36.7 Å². The number of hydrogen-bond donors (Lipinski definition) is 1. The first-order chi connectivity index (χ1) is 14.3. The second-order valence-corrected chi connectivity index (χ2v) is 9.25. The molecule has 0 aliphatic carbocycles. The topological polar surface area (TPSA) is 90.3 Å². The molecule has 1 amide bonds. The highest BCUT2D eigenvalue weighted by atomic mass is 32.2. The van der Waals surface area contributed by atoms with Crippen LogP contribution in [0.2, 0.25) is 0 Å². The third kappa shape index (κ3) is 4.64. The van der Waals surface area contributed by atoms with Crippen molar-refractivity contribution in [2.45, 2.75) is 39.7 Å². The smallest absolute Gasteiger partial charge is 0.283 e. The fraction of sp³-hybridized carbons (Fsp3) is 0.364. The summed E-state index contributed by atoms with van der Waals surface area (Å²) >= 11 is 0. The van der Waals surface area contributed by atoms with Gasteiger partial charge in [-0.1, -0.05) is 19.9 Å². The molecule has 30 heavy (non-hydrogen) atoms. The Bertz CT molecular complexity index is 1170. The molecule has 0 fully saturated rings. The van der Waals surface area contributed by atoms with Gasteiger partial charge in [0.05, 0.1) is 25.1 Å². The van der Waals surface area contributed by atoms with E-state index in [1.807, 2.05) is 29.0 Å². The molecule has 0 saturated carbocycles. The second-order valence-electron chi connectivity index (χ2n) is 7.24. The van der Waals surface area contributed by atoms with E-state index in [-0.39, 0.29) is 11.4 Å². The quantitative estimate of drug-likeness (QED) is 0.590. The lowest BCUT2D eigenvalue weighted by atomic mass is 10.0. The fourth-order valence-corrected chi connectivity index (χ4v) is 3.84. The number of carbonyl (C=O) groups is 1. The van der Waals surface area contributed by atoms with E-state index in [1.165, 1.54) is 18.7 Å². The molecular weight excluding hydrogens is 402 g/mol. The van der Waals surface area contributed by atoms with Crippen molar-refractivity contribution in [1.82, 2.24) is 14.3 Å². The van der Waals surface area contributed by atoms with E-state index in [0.29, 0.717) is 18.2 Å². The standard InChI is InChI=1S/C22H27N3O4S/c1-5-15(3)21-13-16-12-18(29-4)10-11-20(16)25(21)14-17-8-7-9-19(23-17)22(26)24-30(27,28)6-2/h7-13,15H,5-6,14H2,1-4H3,(H,24,26). The maximum Gasteiger partial charge on any atom is 0.283 e. The molecule has 3 rings (SSSR count). The van der Waals surface area contributed by atoms with Crippen LogP contribution in [-0.2, 0) is 16.6 Å². The van der Waals surface area contributed by atoms with Crippen molar-refractivity contribution in [2.75, 3.05) is 12.9 Å². The van der Waals surface area contributed by atoms with Gasteiger partial charge in [0.2, 0.25) is 10.0 Å². The Kier molecular flexibility index (Phi) is 6.45. The molecule has 3 aromatic rings. The Balaban J connectivity index is 1.99. The lowest BCUT2D eigenvalue weighted by Crippen LogP contribution is -2.32. The highest BCUT2D eigenvalue weighted by molar-refractivity contribution is 7.90. The van der Waals surface area contributed by atoms with Gasteiger partial charge < -0.3 is 9.30 Å². The van der Waals surface area contributed by atoms with Crippen molar-refractivity contribution in [1.29, 1.82) is 0 Å². The van der Waals surface area contributed by atoms with Gasteiger partial charge in [-0.05, 0) is 55.7 Å². The Morgan fingerprint density at radius 2 is 1.97 bits per heavy atom. The van der Waals surface area contributed by atoms with Crippen LogP contribution in [0.1, 0.15) is 55.0 Å². The molecule has 2 heterocycles. The predicted octanol–water partition coefficient (Wildman–Crippen LogP) is 3.69. The van der Waals surface area contributed by atoms with Gasteiger partial charge in [0.25, 0.3) is 5.91 Å². The van der Waals surface area contributed by atoms with Gasteiger partial charge in [0.1, 0.15) is 11.4 Å². The summed E-state index contributed by atoms with van der Waals surface area (Å²) in [5.41, 5.74) is 2.98. The van der Waals surface area contributed by atoms with Crippen LogP contribution in [0.5, 0.6) is 5.75 Å². The Hall–Kier alpha value is -2.87. The van der Waals surface area contributed by atoms with Crippen LogP contribution in [0.4, 0.5) is 0 Å². The molecular formula is C22H27N3O4S. The number of fused-ring (bicyclic) bond motifs is 1. The van der Waals surface area contributed by atoms with E-state index in [1.54, 1.807) is 13.2 Å². The molecule has 1 aromatic carbocycles. The van der Waals surface area contributed by atoms with Gasteiger partial charge in [0, 0.05) is 16.6 Å². The number of amides is 1. The summed E-state index contributed by atoms with van der Waals surface area (Å²) < 4.78 is 33.0. The predicted molar refractivity (Wildman–Crippen MR) is 117 cm³/mol. The van der Waals surface area contributed by atoms with E-state index in [9.17, 15) is 13.2 Å². The Morgan fingerprint density at radius 3 is 2.63 bits per heavy atom. The number of nitrogens with zero attached hydrogens (tertiary/aromatic N) is 2. The lowest BCUT2D eigenvalue weighted by Gasteiger charge is -2.15. The molecule has 7 nitrogen and oxygen atoms in total. The number of nitrogens with one attached hydrogen (secondary N) is 1. The molecule has 160 valence electrons. The van der Waals surface area contributed by atoms with Gasteiger partial charge in [-0.25, -0.2) is 18.1 Å². The maximum absolute atomic E-state index is 12.3. The number of ether oxygens (including phenoxy) is 1. The number of methoxy groups -OCH3 is 1. The summed E-state index contributed by atoms with van der Waals surface area (Å²) in [6, 6.07) is 13.2. The molecule has 0 aliphatic heterocycles. The van der Waals surface area contributed by atoms with Crippen molar-refractivity contribution in [3.05, 3.63) is 59.5 Å². The van der Waals surface area contributed by atoms with E-state index in [2.05, 4.69) is 29.5 Å². The summed E-state index contributed by atoms with van der Waals surface area (Å²) in [7, 11) is -2.00. The number of benzene rings is 1. The van der Waals surface area contributed by atoms with Gasteiger partial charge in [0.15, 0.2) is 0 Å². The van der Waals surface area contributed by atoms with E-state index in [4.69, 9.17) is 4.74 Å². The van der Waals surface area contributed by atoms with Gasteiger partial charge in [-0.3, -0.25) is 4.79 Å². The summed E-state index contributed by atoms with van der Waals surface area (Å²) in [5, 5.41) is 1.08. The van der Waals surface area contributed by atoms with E-state index < -0.39 is 15.9 Å². The monoisotopic (exact) mass is 429 g/mol. The molecule has 1 unspecified atom stereocenters. The molecule has 1 atom stereocenters.